The van der Waals surface area contributed by atoms with E-state index < -0.39 is 17.2 Å². The van der Waals surface area contributed by atoms with Crippen molar-refractivity contribution in [1.29, 1.82) is 0 Å². The number of benzene rings is 1. The molecule has 0 saturated heterocycles. The summed E-state index contributed by atoms with van der Waals surface area (Å²) in [5, 5.41) is 0. The number of rotatable bonds is 5. The highest BCUT2D eigenvalue weighted by molar-refractivity contribution is 6.16. The molecule has 8 heteroatoms. The van der Waals surface area contributed by atoms with E-state index >= 15 is 0 Å². The van der Waals surface area contributed by atoms with Crippen LogP contribution < -0.4 is 19.6 Å². The third-order valence-electron chi connectivity index (χ3n) is 4.22. The van der Waals surface area contributed by atoms with Crippen molar-refractivity contribution in [2.24, 2.45) is 0 Å². The second-order valence-electron chi connectivity index (χ2n) is 5.94. The van der Waals surface area contributed by atoms with Crippen molar-refractivity contribution in [3.63, 3.8) is 0 Å². The van der Waals surface area contributed by atoms with Crippen LogP contribution in [0, 0.1) is 0 Å². The molecule has 0 bridgehead atoms. The van der Waals surface area contributed by atoms with E-state index in [-0.39, 0.29) is 34.3 Å². The Morgan fingerprint density at radius 1 is 1.11 bits per heavy atom. The molecule has 0 radical (unpaired) electrons. The van der Waals surface area contributed by atoms with E-state index in [4.69, 9.17) is 23.4 Å². The average molecular weight is 374 g/mol. The van der Waals surface area contributed by atoms with E-state index in [1.165, 1.54) is 33.5 Å². The summed E-state index contributed by atoms with van der Waals surface area (Å²) in [5.74, 6) is -0.754. The summed E-state index contributed by atoms with van der Waals surface area (Å²) >= 11 is 0. The first-order valence-electron chi connectivity index (χ1n) is 8.11. The molecule has 8 nitrogen and oxygen atoms in total. The molecule has 2 heterocycles. The van der Waals surface area contributed by atoms with Gasteiger partial charge in [0, 0.05) is 12.5 Å². The molecule has 2 aromatic rings. The number of hydrogen-bond donors (Lipinski definition) is 0. The summed E-state index contributed by atoms with van der Waals surface area (Å²) in [7, 11) is 3.93. The highest BCUT2D eigenvalue weighted by Gasteiger charge is 2.31. The standard InChI is InChI=1S/C19H18O8/c1-9-5-14-18(27-9)17(21)12(8-26-14)16(20)15-11(19(22)25-4)6-10(23-2)7-13(15)24-3/h6-9H,5H2,1-4H3/t9-/m0/s1. The number of carbonyl (C=O) groups excluding carboxylic acids is 2. The zero-order valence-electron chi connectivity index (χ0n) is 15.3. The number of hydrogen-bond acceptors (Lipinski definition) is 8. The van der Waals surface area contributed by atoms with Crippen LogP contribution in [0.4, 0.5) is 0 Å². The number of ketones is 1. The van der Waals surface area contributed by atoms with Crippen LogP contribution in [0.15, 0.2) is 27.6 Å². The summed E-state index contributed by atoms with van der Waals surface area (Å²) in [6, 6.07) is 2.78. The first kappa shape index (κ1) is 18.5. The summed E-state index contributed by atoms with van der Waals surface area (Å²) < 4.78 is 26.0. The minimum Gasteiger partial charge on any atom is -0.497 e. The van der Waals surface area contributed by atoms with Crippen LogP contribution >= 0.6 is 0 Å². The molecule has 1 aliphatic heterocycles. The van der Waals surface area contributed by atoms with Gasteiger partial charge in [0.15, 0.2) is 5.76 Å². The quantitative estimate of drug-likeness (QED) is 0.578. The van der Waals surface area contributed by atoms with Gasteiger partial charge in [-0.25, -0.2) is 4.79 Å². The molecule has 3 rings (SSSR count). The fraction of sp³-hybridized carbons (Fsp3) is 0.316. The highest BCUT2D eigenvalue weighted by atomic mass is 16.5. The van der Waals surface area contributed by atoms with Crippen molar-refractivity contribution in [3.8, 4) is 17.2 Å². The zero-order chi connectivity index (χ0) is 19.7. The molecular formula is C19H18O8. The van der Waals surface area contributed by atoms with Gasteiger partial charge >= 0.3 is 5.97 Å². The van der Waals surface area contributed by atoms with Crippen LogP contribution in [0.2, 0.25) is 0 Å². The molecule has 0 aliphatic carbocycles. The normalized spacial score (nSPS) is 14.9. The average Bonchev–Trinajstić information content (AvgIpc) is 3.07. The molecule has 0 saturated carbocycles. The van der Waals surface area contributed by atoms with Gasteiger partial charge in [0.05, 0.1) is 32.5 Å². The van der Waals surface area contributed by atoms with Crippen LogP contribution in [0.3, 0.4) is 0 Å². The molecule has 0 amide bonds. The second kappa shape index (κ2) is 7.14. The molecule has 142 valence electrons. The lowest BCUT2D eigenvalue weighted by Gasteiger charge is -2.14. The fourth-order valence-electron chi connectivity index (χ4n) is 2.92. The third-order valence-corrected chi connectivity index (χ3v) is 4.22. The molecule has 0 N–H and O–H groups in total. The van der Waals surface area contributed by atoms with Crippen LogP contribution in [0.25, 0.3) is 0 Å². The lowest BCUT2D eigenvalue weighted by atomic mass is 9.97. The van der Waals surface area contributed by atoms with Crippen molar-refractivity contribution in [2.45, 2.75) is 19.4 Å². The molecule has 1 atom stereocenters. The van der Waals surface area contributed by atoms with Crippen molar-refractivity contribution in [3.05, 3.63) is 51.1 Å². The van der Waals surface area contributed by atoms with E-state index in [0.29, 0.717) is 17.9 Å². The van der Waals surface area contributed by atoms with Crippen molar-refractivity contribution in [2.75, 3.05) is 21.3 Å². The minimum atomic E-state index is -0.772. The van der Waals surface area contributed by atoms with Gasteiger partial charge in [-0.2, -0.15) is 0 Å². The van der Waals surface area contributed by atoms with Crippen molar-refractivity contribution in [1.82, 2.24) is 0 Å². The number of carbonyl (C=O) groups is 2. The minimum absolute atomic E-state index is 0.0143. The molecule has 0 spiro atoms. The van der Waals surface area contributed by atoms with Gasteiger partial charge in [0.25, 0.3) is 0 Å². The van der Waals surface area contributed by atoms with Crippen LogP contribution in [0.1, 0.15) is 39.0 Å². The van der Waals surface area contributed by atoms with Gasteiger partial charge in [0.2, 0.25) is 17.0 Å². The summed E-state index contributed by atoms with van der Waals surface area (Å²) in [5.41, 5.74) is -1.08. The molecule has 0 fully saturated rings. The Balaban J connectivity index is 2.19. The highest BCUT2D eigenvalue weighted by Crippen LogP contribution is 2.32. The Morgan fingerprint density at radius 2 is 1.85 bits per heavy atom. The van der Waals surface area contributed by atoms with Crippen LogP contribution in [-0.2, 0) is 11.2 Å². The number of fused-ring (bicyclic) bond motifs is 1. The fourth-order valence-corrected chi connectivity index (χ4v) is 2.92. The largest absolute Gasteiger partial charge is 0.497 e. The van der Waals surface area contributed by atoms with Crippen LogP contribution in [-0.4, -0.2) is 39.2 Å². The Kier molecular flexibility index (Phi) is 4.89. The van der Waals surface area contributed by atoms with E-state index in [1.54, 1.807) is 6.92 Å². The Hall–Kier alpha value is -3.29. The topological polar surface area (TPSA) is 101 Å². The SMILES string of the molecule is COC(=O)c1cc(OC)cc(OC)c1C(=O)c1coc2c(c1=O)O[C@@H](C)C2. The zero-order valence-corrected chi connectivity index (χ0v) is 15.3. The predicted octanol–water partition coefficient (Wildman–Crippen LogP) is 2.00. The van der Waals surface area contributed by atoms with Crippen LogP contribution in [0.5, 0.6) is 17.2 Å². The Labute approximate surface area is 154 Å². The van der Waals surface area contributed by atoms with E-state index in [0.717, 1.165) is 6.26 Å². The first-order valence-corrected chi connectivity index (χ1v) is 8.11. The monoisotopic (exact) mass is 374 g/mol. The maximum atomic E-state index is 13.1. The molecule has 0 unspecified atom stereocenters. The van der Waals surface area contributed by atoms with Crippen molar-refractivity contribution < 1.29 is 33.0 Å². The van der Waals surface area contributed by atoms with Gasteiger partial charge in [-0.05, 0) is 13.0 Å². The number of ether oxygens (including phenoxy) is 4. The van der Waals surface area contributed by atoms with Crippen molar-refractivity contribution >= 4 is 11.8 Å². The van der Waals surface area contributed by atoms with Gasteiger partial charge < -0.3 is 23.4 Å². The summed E-state index contributed by atoms with van der Waals surface area (Å²) in [6.45, 7) is 1.79. The molecule has 1 aromatic carbocycles. The van der Waals surface area contributed by atoms with Gasteiger partial charge in [-0.1, -0.05) is 0 Å². The van der Waals surface area contributed by atoms with E-state index in [9.17, 15) is 14.4 Å². The van der Waals surface area contributed by atoms with Gasteiger partial charge in [-0.3, -0.25) is 9.59 Å². The number of methoxy groups -OCH3 is 3. The lowest BCUT2D eigenvalue weighted by molar-refractivity contribution is 0.0596. The maximum absolute atomic E-state index is 13.1. The second-order valence-corrected chi connectivity index (χ2v) is 5.94. The lowest BCUT2D eigenvalue weighted by Crippen LogP contribution is -2.21. The number of esters is 1. The Bertz CT molecular complexity index is 972. The summed E-state index contributed by atoms with van der Waals surface area (Å²) in [4.78, 5) is 38.0. The molecule has 27 heavy (non-hydrogen) atoms. The Morgan fingerprint density at radius 3 is 2.48 bits per heavy atom. The smallest absolute Gasteiger partial charge is 0.338 e. The summed E-state index contributed by atoms with van der Waals surface area (Å²) in [6.07, 6.45) is 1.30. The molecule has 1 aromatic heterocycles. The van der Waals surface area contributed by atoms with E-state index in [1.807, 2.05) is 0 Å². The third kappa shape index (κ3) is 3.14. The molecular weight excluding hydrogens is 356 g/mol. The van der Waals surface area contributed by atoms with Gasteiger partial charge in [0.1, 0.15) is 29.4 Å². The van der Waals surface area contributed by atoms with E-state index in [2.05, 4.69) is 0 Å². The maximum Gasteiger partial charge on any atom is 0.338 e. The predicted molar refractivity (Wildman–Crippen MR) is 93.1 cm³/mol. The first-order chi connectivity index (χ1) is 12.9. The molecule has 1 aliphatic rings. The van der Waals surface area contributed by atoms with Gasteiger partial charge in [-0.15, -0.1) is 0 Å².